The predicted octanol–water partition coefficient (Wildman–Crippen LogP) is 3.47. The molecule has 10 heteroatoms. The standard InChI is InChI=1S/C20H15ClN6O3/c21-16-8-7-15-19(26-16)27(13-5-3-12(4-6-13)10-23-20(29)30)18(25-15)14-2-1-9-22-17(14)24-11-28/h1-9,11,23H,10H2,(H,29,30)(H,22,24,28). The summed E-state index contributed by atoms with van der Waals surface area (Å²) in [7, 11) is 0. The van der Waals surface area contributed by atoms with Crippen LogP contribution in [0, 0.1) is 0 Å². The van der Waals surface area contributed by atoms with Gasteiger partial charge in [-0.15, -0.1) is 0 Å². The van der Waals surface area contributed by atoms with E-state index in [2.05, 4.69) is 25.6 Å². The lowest BCUT2D eigenvalue weighted by Crippen LogP contribution is -2.19. The van der Waals surface area contributed by atoms with Crippen LogP contribution in [0.1, 0.15) is 5.56 Å². The van der Waals surface area contributed by atoms with E-state index in [4.69, 9.17) is 16.7 Å². The second kappa shape index (κ2) is 8.18. The van der Waals surface area contributed by atoms with Gasteiger partial charge in [-0.25, -0.2) is 19.7 Å². The highest BCUT2D eigenvalue weighted by Crippen LogP contribution is 2.31. The molecule has 0 aliphatic rings. The lowest BCUT2D eigenvalue weighted by molar-refractivity contribution is -0.105. The van der Waals surface area contributed by atoms with Gasteiger partial charge in [0.15, 0.2) is 11.5 Å². The molecule has 150 valence electrons. The number of imidazole rings is 1. The van der Waals surface area contributed by atoms with E-state index in [1.165, 1.54) is 0 Å². The van der Waals surface area contributed by atoms with Gasteiger partial charge in [-0.3, -0.25) is 9.36 Å². The molecule has 0 atom stereocenters. The first-order valence-corrected chi connectivity index (χ1v) is 9.21. The van der Waals surface area contributed by atoms with E-state index in [1.54, 1.807) is 42.6 Å². The van der Waals surface area contributed by atoms with Gasteiger partial charge in [0.2, 0.25) is 6.41 Å². The molecule has 0 aliphatic heterocycles. The van der Waals surface area contributed by atoms with Gasteiger partial charge in [-0.2, -0.15) is 0 Å². The summed E-state index contributed by atoms with van der Waals surface area (Å²) in [4.78, 5) is 35.0. The quantitative estimate of drug-likeness (QED) is 0.323. The normalized spacial score (nSPS) is 10.7. The molecule has 0 bridgehead atoms. The highest BCUT2D eigenvalue weighted by Gasteiger charge is 2.19. The first-order chi connectivity index (χ1) is 14.6. The molecule has 3 N–H and O–H groups in total. The Kier molecular flexibility index (Phi) is 5.27. The molecule has 4 aromatic rings. The van der Waals surface area contributed by atoms with Crippen LogP contribution in [0.2, 0.25) is 5.15 Å². The van der Waals surface area contributed by atoms with Gasteiger partial charge >= 0.3 is 6.09 Å². The van der Waals surface area contributed by atoms with Crippen LogP contribution >= 0.6 is 11.6 Å². The molecule has 2 amide bonds. The number of nitrogens with one attached hydrogen (secondary N) is 2. The van der Waals surface area contributed by atoms with Crippen molar-refractivity contribution in [2.24, 2.45) is 0 Å². The molecule has 0 fully saturated rings. The van der Waals surface area contributed by atoms with Gasteiger partial charge in [0, 0.05) is 18.4 Å². The Morgan fingerprint density at radius 2 is 1.93 bits per heavy atom. The van der Waals surface area contributed by atoms with Crippen molar-refractivity contribution >= 4 is 41.1 Å². The molecule has 0 radical (unpaired) electrons. The zero-order chi connectivity index (χ0) is 21.1. The second-order valence-corrected chi connectivity index (χ2v) is 6.62. The van der Waals surface area contributed by atoms with Crippen molar-refractivity contribution in [2.45, 2.75) is 6.54 Å². The smallest absolute Gasteiger partial charge is 0.404 e. The first kappa shape index (κ1) is 19.3. The van der Waals surface area contributed by atoms with Crippen LogP contribution in [0.4, 0.5) is 10.6 Å². The van der Waals surface area contributed by atoms with Crippen molar-refractivity contribution in [1.82, 2.24) is 24.8 Å². The van der Waals surface area contributed by atoms with E-state index in [1.807, 2.05) is 16.7 Å². The number of carbonyl (C=O) groups is 2. The van der Waals surface area contributed by atoms with E-state index < -0.39 is 6.09 Å². The fourth-order valence-electron chi connectivity index (χ4n) is 3.06. The summed E-state index contributed by atoms with van der Waals surface area (Å²) in [6, 6.07) is 14.2. The van der Waals surface area contributed by atoms with E-state index in [-0.39, 0.29) is 6.54 Å². The molecule has 1 aromatic carbocycles. The van der Waals surface area contributed by atoms with Crippen LogP contribution in [0.25, 0.3) is 28.2 Å². The maximum atomic E-state index is 11.0. The largest absolute Gasteiger partial charge is 0.465 e. The van der Waals surface area contributed by atoms with E-state index >= 15 is 0 Å². The van der Waals surface area contributed by atoms with Gasteiger partial charge < -0.3 is 15.7 Å². The molecule has 0 saturated carbocycles. The monoisotopic (exact) mass is 422 g/mol. The highest BCUT2D eigenvalue weighted by molar-refractivity contribution is 6.29. The topological polar surface area (TPSA) is 122 Å². The minimum absolute atomic E-state index is 0.188. The average molecular weight is 423 g/mol. The minimum atomic E-state index is -1.09. The Bertz CT molecular complexity index is 1240. The Labute approximate surface area is 175 Å². The SMILES string of the molecule is O=CNc1ncccc1-c1nc2ccc(Cl)nc2n1-c1ccc(CNC(=O)O)cc1. The molecular weight excluding hydrogens is 408 g/mol. The number of aromatic nitrogens is 4. The van der Waals surface area contributed by atoms with E-state index in [0.29, 0.717) is 39.9 Å². The Morgan fingerprint density at radius 3 is 2.67 bits per heavy atom. The number of hydrogen-bond acceptors (Lipinski definition) is 5. The Balaban J connectivity index is 1.88. The van der Waals surface area contributed by atoms with Crippen molar-refractivity contribution in [3.63, 3.8) is 0 Å². The zero-order valence-electron chi connectivity index (χ0n) is 15.4. The van der Waals surface area contributed by atoms with Crippen molar-refractivity contribution in [3.8, 4) is 17.1 Å². The predicted molar refractivity (Wildman–Crippen MR) is 112 cm³/mol. The van der Waals surface area contributed by atoms with E-state index in [9.17, 15) is 9.59 Å². The van der Waals surface area contributed by atoms with Gasteiger partial charge in [0.05, 0.1) is 5.56 Å². The molecule has 3 aromatic heterocycles. The summed E-state index contributed by atoms with van der Waals surface area (Å²) >= 11 is 6.12. The highest BCUT2D eigenvalue weighted by atomic mass is 35.5. The molecular formula is C20H15ClN6O3. The minimum Gasteiger partial charge on any atom is -0.465 e. The average Bonchev–Trinajstić information content (AvgIpc) is 3.11. The van der Waals surface area contributed by atoms with Crippen molar-refractivity contribution in [3.05, 3.63) is 65.4 Å². The fraction of sp³-hybridized carbons (Fsp3) is 0.0500. The number of rotatable bonds is 6. The molecule has 0 spiro atoms. The Morgan fingerprint density at radius 1 is 1.13 bits per heavy atom. The molecule has 3 heterocycles. The summed E-state index contributed by atoms with van der Waals surface area (Å²) in [6.07, 6.45) is 1.03. The molecule has 0 aliphatic carbocycles. The van der Waals surface area contributed by atoms with E-state index in [0.717, 1.165) is 11.3 Å². The number of amides is 2. The zero-order valence-corrected chi connectivity index (χ0v) is 16.2. The summed E-state index contributed by atoms with van der Waals surface area (Å²) in [5.74, 6) is 0.881. The maximum Gasteiger partial charge on any atom is 0.404 e. The van der Waals surface area contributed by atoms with Gasteiger partial charge in [-0.05, 0) is 42.0 Å². The number of carboxylic acid groups (broad SMARTS) is 1. The number of halogens is 1. The molecule has 0 saturated heterocycles. The van der Waals surface area contributed by atoms with Gasteiger partial charge in [-0.1, -0.05) is 23.7 Å². The summed E-state index contributed by atoms with van der Waals surface area (Å²) in [5, 5.41) is 14.0. The number of nitrogens with zero attached hydrogens (tertiary/aromatic N) is 4. The number of carbonyl (C=O) groups excluding carboxylic acids is 1. The van der Waals surface area contributed by atoms with Crippen molar-refractivity contribution in [1.29, 1.82) is 0 Å². The fourth-order valence-corrected chi connectivity index (χ4v) is 3.20. The maximum absolute atomic E-state index is 11.0. The number of hydrogen-bond donors (Lipinski definition) is 3. The van der Waals surface area contributed by atoms with Crippen LogP contribution in [-0.2, 0) is 11.3 Å². The van der Waals surface area contributed by atoms with Crippen LogP contribution < -0.4 is 10.6 Å². The lowest BCUT2D eigenvalue weighted by Gasteiger charge is -2.12. The van der Waals surface area contributed by atoms with Gasteiger partial charge in [0.25, 0.3) is 0 Å². The lowest BCUT2D eigenvalue weighted by atomic mass is 10.2. The van der Waals surface area contributed by atoms with Crippen LogP contribution in [0.5, 0.6) is 0 Å². The molecule has 9 nitrogen and oxygen atoms in total. The number of pyridine rings is 2. The Hall–Kier alpha value is -3.98. The number of anilines is 1. The molecule has 4 rings (SSSR count). The first-order valence-electron chi connectivity index (χ1n) is 8.83. The third-order valence-electron chi connectivity index (χ3n) is 4.35. The molecule has 0 unspecified atom stereocenters. The summed E-state index contributed by atoms with van der Waals surface area (Å²) < 4.78 is 1.81. The number of benzene rings is 1. The van der Waals surface area contributed by atoms with Crippen LogP contribution in [-0.4, -0.2) is 37.1 Å². The third kappa shape index (κ3) is 3.78. The van der Waals surface area contributed by atoms with Crippen molar-refractivity contribution in [2.75, 3.05) is 5.32 Å². The van der Waals surface area contributed by atoms with Gasteiger partial charge in [0.1, 0.15) is 16.5 Å². The van der Waals surface area contributed by atoms with Crippen molar-refractivity contribution < 1.29 is 14.7 Å². The van der Waals surface area contributed by atoms with Crippen LogP contribution in [0.15, 0.2) is 54.7 Å². The van der Waals surface area contributed by atoms with Crippen LogP contribution in [0.3, 0.4) is 0 Å². The third-order valence-corrected chi connectivity index (χ3v) is 4.56. The second-order valence-electron chi connectivity index (χ2n) is 6.23. The summed E-state index contributed by atoms with van der Waals surface area (Å²) in [5.41, 5.74) is 3.29. The molecule has 30 heavy (non-hydrogen) atoms. The number of fused-ring (bicyclic) bond motifs is 1. The summed E-state index contributed by atoms with van der Waals surface area (Å²) in [6.45, 7) is 0.188.